The molecule has 0 unspecified atom stereocenters. The molecule has 1 amide bonds. The molecule has 2 aromatic heterocycles. The van der Waals surface area contributed by atoms with Crippen LogP contribution in [0.15, 0.2) is 44.8 Å². The van der Waals surface area contributed by atoms with Gasteiger partial charge in [0.1, 0.15) is 10.7 Å². The summed E-state index contributed by atoms with van der Waals surface area (Å²) in [4.78, 5) is 32.5. The molecule has 36 heavy (non-hydrogen) atoms. The number of guanidine groups is 1. The Labute approximate surface area is 213 Å². The predicted molar refractivity (Wildman–Crippen MR) is 132 cm³/mol. The van der Waals surface area contributed by atoms with Gasteiger partial charge in [0.05, 0.1) is 29.1 Å². The van der Waals surface area contributed by atoms with Crippen LogP contribution in [0.3, 0.4) is 0 Å². The summed E-state index contributed by atoms with van der Waals surface area (Å²) >= 11 is 11.4. The fourth-order valence-corrected chi connectivity index (χ4v) is 3.69. The molecule has 18 heteroatoms. The van der Waals surface area contributed by atoms with E-state index in [9.17, 15) is 18.0 Å². The molecule has 0 radical (unpaired) electrons. The number of nitrogen functional groups attached to an aromatic ring is 2. The van der Waals surface area contributed by atoms with Crippen molar-refractivity contribution in [1.82, 2.24) is 9.97 Å². The lowest BCUT2D eigenvalue weighted by Crippen LogP contribution is -2.24. The van der Waals surface area contributed by atoms with E-state index in [0.717, 1.165) is 6.07 Å². The first-order valence-electron chi connectivity index (χ1n) is 9.29. The summed E-state index contributed by atoms with van der Waals surface area (Å²) < 4.78 is 27.8. The number of carbonyl (C=O) groups excluding carboxylic acids is 1. The molecule has 0 aliphatic heterocycles. The molecule has 0 spiro atoms. The molecule has 15 nitrogen and oxygen atoms in total. The first kappa shape index (κ1) is 28.1. The van der Waals surface area contributed by atoms with Crippen LogP contribution < -0.4 is 33.4 Å². The van der Waals surface area contributed by atoms with Gasteiger partial charge in [-0.15, -0.1) is 0 Å². The number of carboxylic acid groups (broad SMARTS) is 1. The lowest BCUT2D eigenvalue weighted by Gasteiger charge is -2.11. The number of aliphatic imine (C=N–C) groups is 1. The SMILES string of the molecule is NC(N)=NC(=O)c1nc(Cl)c(N)nc1N.NS(=O)(=O)c1cc(C(=O)O)c(NCc2ccco2)cc1Cl. The van der Waals surface area contributed by atoms with E-state index in [-0.39, 0.29) is 45.3 Å². The number of furan rings is 1. The number of aromatic carboxylic acids is 1. The second-order valence-corrected chi connectivity index (χ2v) is 8.88. The van der Waals surface area contributed by atoms with E-state index in [2.05, 4.69) is 20.3 Å². The van der Waals surface area contributed by atoms with Gasteiger partial charge in [0, 0.05) is 0 Å². The Balaban J connectivity index is 0.000000269. The third kappa shape index (κ3) is 7.44. The summed E-state index contributed by atoms with van der Waals surface area (Å²) in [6, 6.07) is 5.51. The molecule has 12 N–H and O–H groups in total. The average molecular weight is 560 g/mol. The number of nitrogens with two attached hydrogens (primary N) is 5. The van der Waals surface area contributed by atoms with Crippen LogP contribution >= 0.6 is 23.2 Å². The predicted octanol–water partition coefficient (Wildman–Crippen LogP) is 0.599. The number of carboxylic acids is 1. The van der Waals surface area contributed by atoms with Gasteiger partial charge in [0.2, 0.25) is 10.0 Å². The summed E-state index contributed by atoms with van der Waals surface area (Å²) in [5, 5.41) is 16.7. The standard InChI is InChI=1S/C12H11ClN2O5S.C6H8ClN7O/c13-9-5-10(15-6-7-2-1-3-20-7)8(12(16)17)4-11(9)21(14,18)19;7-2-4(9)13-3(8)1(12-2)5(15)14-6(10)11/h1-5,15H,6H2,(H,16,17)(H2,14,18,19);(H4,8,9,13)(H4,10,11,14,15). The molecule has 2 heterocycles. The summed E-state index contributed by atoms with van der Waals surface area (Å²) in [5.74, 6) is -2.23. The van der Waals surface area contributed by atoms with Crippen molar-refractivity contribution in [3.05, 3.63) is 57.7 Å². The second kappa shape index (κ2) is 11.5. The largest absolute Gasteiger partial charge is 0.478 e. The van der Waals surface area contributed by atoms with E-state index >= 15 is 0 Å². The number of anilines is 3. The van der Waals surface area contributed by atoms with Gasteiger partial charge in [-0.1, -0.05) is 23.2 Å². The quantitative estimate of drug-likeness (QED) is 0.161. The third-order valence-electron chi connectivity index (χ3n) is 3.98. The zero-order chi connectivity index (χ0) is 27.2. The Morgan fingerprint density at radius 1 is 1.14 bits per heavy atom. The normalized spacial score (nSPS) is 10.6. The Hall–Kier alpha value is -4.12. The van der Waals surface area contributed by atoms with Gasteiger partial charge < -0.3 is 37.8 Å². The van der Waals surface area contributed by atoms with Crippen LogP contribution in [0.4, 0.5) is 17.3 Å². The molecule has 3 aromatic rings. The average Bonchev–Trinajstić information content (AvgIpc) is 3.27. The zero-order valence-corrected chi connectivity index (χ0v) is 20.3. The maximum Gasteiger partial charge on any atom is 0.337 e. The molecular weight excluding hydrogens is 541 g/mol. The summed E-state index contributed by atoms with van der Waals surface area (Å²) in [7, 11) is -4.11. The van der Waals surface area contributed by atoms with E-state index in [1.165, 1.54) is 12.3 Å². The smallest absolute Gasteiger partial charge is 0.337 e. The molecule has 0 aliphatic carbocycles. The minimum Gasteiger partial charge on any atom is -0.478 e. The van der Waals surface area contributed by atoms with Gasteiger partial charge in [-0.3, -0.25) is 4.79 Å². The monoisotopic (exact) mass is 559 g/mol. The molecule has 3 rings (SSSR count). The first-order chi connectivity index (χ1) is 16.7. The third-order valence-corrected chi connectivity index (χ3v) is 5.63. The van der Waals surface area contributed by atoms with Crippen LogP contribution in [0, 0.1) is 0 Å². The van der Waals surface area contributed by atoms with E-state index in [1.807, 2.05) is 0 Å². The van der Waals surface area contributed by atoms with Crippen molar-refractivity contribution in [3.8, 4) is 0 Å². The van der Waals surface area contributed by atoms with Crippen molar-refractivity contribution >= 4 is 68.4 Å². The highest BCUT2D eigenvalue weighted by Crippen LogP contribution is 2.28. The number of benzene rings is 1. The van der Waals surface area contributed by atoms with Crippen LogP contribution in [0.25, 0.3) is 0 Å². The molecular formula is C18H19Cl2N9O6S. The van der Waals surface area contributed by atoms with Crippen molar-refractivity contribution in [2.75, 3.05) is 16.8 Å². The zero-order valence-electron chi connectivity index (χ0n) is 18.0. The number of rotatable bonds is 6. The highest BCUT2D eigenvalue weighted by molar-refractivity contribution is 7.89. The lowest BCUT2D eigenvalue weighted by molar-refractivity contribution is 0.0697. The van der Waals surface area contributed by atoms with Crippen LogP contribution in [0.5, 0.6) is 0 Å². The molecule has 1 aromatic carbocycles. The van der Waals surface area contributed by atoms with Crippen LogP contribution in [0.2, 0.25) is 10.2 Å². The Morgan fingerprint density at radius 3 is 2.33 bits per heavy atom. The number of halogens is 2. The van der Waals surface area contributed by atoms with Crippen LogP contribution in [0.1, 0.15) is 26.6 Å². The highest BCUT2D eigenvalue weighted by atomic mass is 35.5. The van der Waals surface area contributed by atoms with E-state index in [1.54, 1.807) is 12.1 Å². The number of hydrogen-bond acceptors (Lipinski definition) is 10. The molecule has 0 fully saturated rings. The van der Waals surface area contributed by atoms with Crippen molar-refractivity contribution < 1.29 is 27.5 Å². The first-order valence-corrected chi connectivity index (χ1v) is 11.6. The number of nitrogens with one attached hydrogen (secondary N) is 1. The molecule has 0 bridgehead atoms. The van der Waals surface area contributed by atoms with Gasteiger partial charge >= 0.3 is 11.9 Å². The number of sulfonamides is 1. The van der Waals surface area contributed by atoms with E-state index in [0.29, 0.717) is 5.76 Å². The molecule has 0 atom stereocenters. The van der Waals surface area contributed by atoms with Crippen molar-refractivity contribution in [2.24, 2.45) is 21.6 Å². The van der Waals surface area contributed by atoms with Gasteiger partial charge in [-0.2, -0.15) is 4.99 Å². The minimum absolute atomic E-state index is 0.0737. The van der Waals surface area contributed by atoms with Gasteiger partial charge in [0.15, 0.2) is 28.4 Å². The molecule has 0 saturated carbocycles. The number of primary sulfonamides is 1. The summed E-state index contributed by atoms with van der Waals surface area (Å²) in [6.45, 7) is 0.221. The van der Waals surface area contributed by atoms with Gasteiger partial charge in [-0.05, 0) is 24.3 Å². The lowest BCUT2D eigenvalue weighted by atomic mass is 10.1. The number of amides is 1. The van der Waals surface area contributed by atoms with Gasteiger partial charge in [0.25, 0.3) is 0 Å². The van der Waals surface area contributed by atoms with Gasteiger partial charge in [-0.25, -0.2) is 28.3 Å². The maximum atomic E-state index is 11.3. The Kier molecular flexibility index (Phi) is 9.01. The van der Waals surface area contributed by atoms with Crippen molar-refractivity contribution in [3.63, 3.8) is 0 Å². The molecule has 192 valence electrons. The maximum absolute atomic E-state index is 11.3. The Morgan fingerprint density at radius 2 is 1.81 bits per heavy atom. The topological polar surface area (TPSA) is 282 Å². The minimum atomic E-state index is -4.11. The van der Waals surface area contributed by atoms with Crippen molar-refractivity contribution in [2.45, 2.75) is 11.4 Å². The second-order valence-electron chi connectivity index (χ2n) is 6.59. The summed E-state index contributed by atoms with van der Waals surface area (Å²) in [5.41, 5.74) is 20.4. The fraction of sp³-hybridized carbons (Fsp3) is 0.0556. The number of carbonyl (C=O) groups is 2. The summed E-state index contributed by atoms with van der Waals surface area (Å²) in [6.07, 6.45) is 1.48. The van der Waals surface area contributed by atoms with Crippen LogP contribution in [-0.4, -0.2) is 41.3 Å². The highest BCUT2D eigenvalue weighted by Gasteiger charge is 2.20. The van der Waals surface area contributed by atoms with E-state index < -0.39 is 32.8 Å². The van der Waals surface area contributed by atoms with E-state index in [4.69, 9.17) is 60.8 Å². The molecule has 0 aliphatic rings. The number of hydrogen-bond donors (Lipinski definition) is 7. The van der Waals surface area contributed by atoms with Crippen molar-refractivity contribution in [1.29, 1.82) is 0 Å². The van der Waals surface area contributed by atoms with Crippen LogP contribution in [-0.2, 0) is 16.6 Å². The number of aromatic nitrogens is 2. The molecule has 0 saturated heterocycles. The Bertz CT molecular complexity index is 1430. The number of nitrogens with zero attached hydrogens (tertiary/aromatic N) is 3. The fourth-order valence-electron chi connectivity index (χ4n) is 2.46.